The molecule has 0 aliphatic carbocycles. The number of hydrogen-bond donors (Lipinski definition) is 1. The van der Waals surface area contributed by atoms with Crippen LogP contribution in [0.2, 0.25) is 0 Å². The molecule has 0 atom stereocenters. The van der Waals surface area contributed by atoms with Gasteiger partial charge in [-0.05, 0) is 23.3 Å². The van der Waals surface area contributed by atoms with Gasteiger partial charge in [0.2, 0.25) is 11.0 Å². The first-order valence-electron chi connectivity index (χ1n) is 8.37. The highest BCUT2D eigenvalue weighted by atomic mass is 32.2. The number of nitrogens with zero attached hydrogens (tertiary/aromatic N) is 3. The van der Waals surface area contributed by atoms with Gasteiger partial charge in [0.25, 0.3) is 0 Å². The average Bonchev–Trinajstić information content (AvgIpc) is 3.18. The summed E-state index contributed by atoms with van der Waals surface area (Å²) < 4.78 is 5.64. The molecule has 29 heavy (non-hydrogen) atoms. The van der Waals surface area contributed by atoms with Crippen LogP contribution in [0.3, 0.4) is 0 Å². The van der Waals surface area contributed by atoms with Crippen LogP contribution in [-0.2, 0) is 10.5 Å². The summed E-state index contributed by atoms with van der Waals surface area (Å²) in [5, 5.41) is 22.1. The van der Waals surface area contributed by atoms with Crippen molar-refractivity contribution in [3.8, 4) is 5.75 Å². The molecule has 0 fully saturated rings. The molecule has 0 aliphatic rings. The van der Waals surface area contributed by atoms with E-state index in [1.165, 1.54) is 42.4 Å². The number of rotatable bonds is 8. The highest BCUT2D eigenvalue weighted by Gasteiger charge is 2.15. The van der Waals surface area contributed by atoms with Crippen molar-refractivity contribution < 1.29 is 14.5 Å². The number of amides is 1. The fraction of sp³-hybridized carbons (Fsp3) is 0.105. The Morgan fingerprint density at radius 2 is 2.07 bits per heavy atom. The molecule has 1 aromatic heterocycles. The minimum absolute atomic E-state index is 0.0824. The molecular formula is C19H16N4O4S2. The quantitative estimate of drug-likeness (QED) is 0.186. The fourth-order valence-corrected chi connectivity index (χ4v) is 4.01. The summed E-state index contributed by atoms with van der Waals surface area (Å²) in [5.41, 5.74) is 1.60. The first kappa shape index (κ1) is 20.5. The summed E-state index contributed by atoms with van der Waals surface area (Å²) in [4.78, 5) is 22.6. The van der Waals surface area contributed by atoms with Gasteiger partial charge in [0, 0.05) is 17.9 Å². The second-order valence-corrected chi connectivity index (χ2v) is 7.86. The lowest BCUT2D eigenvalue weighted by Crippen LogP contribution is -2.07. The van der Waals surface area contributed by atoms with E-state index >= 15 is 0 Å². The molecule has 3 aromatic rings. The molecule has 0 unspecified atom stereocenters. The number of aromatic nitrogens is 2. The van der Waals surface area contributed by atoms with E-state index in [1.807, 2.05) is 30.3 Å². The summed E-state index contributed by atoms with van der Waals surface area (Å²) in [5.74, 6) is 0.391. The number of methoxy groups -OCH3 is 1. The Morgan fingerprint density at radius 1 is 1.28 bits per heavy atom. The molecule has 0 bridgehead atoms. The molecule has 8 nitrogen and oxygen atoms in total. The maximum Gasteiger partial charge on any atom is 0.311 e. The lowest BCUT2D eigenvalue weighted by atomic mass is 10.2. The van der Waals surface area contributed by atoms with Gasteiger partial charge >= 0.3 is 5.69 Å². The molecular weight excluding hydrogens is 412 g/mol. The lowest BCUT2D eigenvalue weighted by molar-refractivity contribution is -0.385. The van der Waals surface area contributed by atoms with Gasteiger partial charge in [-0.25, -0.2) is 0 Å². The van der Waals surface area contributed by atoms with E-state index in [9.17, 15) is 14.9 Å². The maximum atomic E-state index is 12.0. The van der Waals surface area contributed by atoms with Gasteiger partial charge in [-0.2, -0.15) is 0 Å². The number of carbonyl (C=O) groups excluding carboxylic acids is 1. The molecule has 1 N–H and O–H groups in total. The fourth-order valence-electron chi connectivity index (χ4n) is 2.31. The zero-order valence-corrected chi connectivity index (χ0v) is 16.9. The third kappa shape index (κ3) is 5.87. The normalized spacial score (nSPS) is 10.8. The van der Waals surface area contributed by atoms with Crippen LogP contribution in [0.25, 0.3) is 6.08 Å². The number of benzene rings is 2. The molecule has 148 valence electrons. The topological polar surface area (TPSA) is 107 Å². The van der Waals surface area contributed by atoms with Gasteiger partial charge in [-0.3, -0.25) is 20.2 Å². The van der Waals surface area contributed by atoms with Crippen molar-refractivity contribution in [1.29, 1.82) is 0 Å². The van der Waals surface area contributed by atoms with Gasteiger partial charge < -0.3 is 4.74 Å². The molecule has 1 heterocycles. The molecule has 0 aliphatic heterocycles. The van der Waals surface area contributed by atoms with Crippen molar-refractivity contribution in [2.75, 3.05) is 12.4 Å². The number of nitrogens with one attached hydrogen (secondary N) is 1. The van der Waals surface area contributed by atoms with Crippen LogP contribution < -0.4 is 10.1 Å². The average molecular weight is 428 g/mol. The van der Waals surface area contributed by atoms with Crippen molar-refractivity contribution in [3.63, 3.8) is 0 Å². The third-order valence-corrected chi connectivity index (χ3v) is 5.71. The first-order valence-corrected chi connectivity index (χ1v) is 10.2. The monoisotopic (exact) mass is 428 g/mol. The first-order chi connectivity index (χ1) is 14.0. The Hall–Kier alpha value is -3.24. The number of hydrogen-bond acceptors (Lipinski definition) is 8. The van der Waals surface area contributed by atoms with E-state index in [1.54, 1.807) is 18.2 Å². The van der Waals surface area contributed by atoms with E-state index < -0.39 is 4.92 Å². The Balaban J connectivity index is 1.56. The van der Waals surface area contributed by atoms with Gasteiger partial charge in [0.05, 0.1) is 12.0 Å². The van der Waals surface area contributed by atoms with Crippen molar-refractivity contribution in [1.82, 2.24) is 10.2 Å². The SMILES string of the molecule is COc1ccc(CSc2nnc(NC(=O)C=Cc3ccccc3)s2)cc1[N+](=O)[O-]. The predicted octanol–water partition coefficient (Wildman–Crippen LogP) is 4.40. The van der Waals surface area contributed by atoms with Crippen molar-refractivity contribution in [2.24, 2.45) is 0 Å². The molecule has 10 heteroatoms. The predicted molar refractivity (Wildman–Crippen MR) is 113 cm³/mol. The summed E-state index contributed by atoms with van der Waals surface area (Å²) in [6.07, 6.45) is 3.14. The van der Waals surface area contributed by atoms with E-state index in [4.69, 9.17) is 4.74 Å². The van der Waals surface area contributed by atoms with Gasteiger partial charge in [0.15, 0.2) is 10.1 Å². The minimum atomic E-state index is -0.478. The van der Waals surface area contributed by atoms with Crippen molar-refractivity contribution >= 4 is 45.9 Å². The van der Waals surface area contributed by atoms with Crippen LogP contribution in [0, 0.1) is 10.1 Å². The Morgan fingerprint density at radius 3 is 2.79 bits per heavy atom. The lowest BCUT2D eigenvalue weighted by Gasteiger charge is -2.03. The minimum Gasteiger partial charge on any atom is -0.490 e. The molecule has 0 saturated heterocycles. The molecule has 2 aromatic carbocycles. The highest BCUT2D eigenvalue weighted by Crippen LogP contribution is 2.32. The van der Waals surface area contributed by atoms with E-state index in [2.05, 4.69) is 15.5 Å². The number of ether oxygens (including phenoxy) is 1. The Kier molecular flexibility index (Phi) is 6.93. The molecule has 3 rings (SSSR count). The van der Waals surface area contributed by atoms with Gasteiger partial charge in [0.1, 0.15) is 0 Å². The van der Waals surface area contributed by atoms with Crippen molar-refractivity contribution in [2.45, 2.75) is 10.1 Å². The summed E-state index contributed by atoms with van der Waals surface area (Å²) in [6.45, 7) is 0. The zero-order valence-electron chi connectivity index (χ0n) is 15.3. The second kappa shape index (κ2) is 9.80. The van der Waals surface area contributed by atoms with Crippen LogP contribution in [0.5, 0.6) is 5.75 Å². The van der Waals surface area contributed by atoms with Crippen LogP contribution in [0.4, 0.5) is 10.8 Å². The number of nitro benzene ring substituents is 1. The van der Waals surface area contributed by atoms with Gasteiger partial charge in [-0.15, -0.1) is 10.2 Å². The Labute approximate surface area is 174 Å². The summed E-state index contributed by atoms with van der Waals surface area (Å²) >= 11 is 2.61. The largest absolute Gasteiger partial charge is 0.490 e. The third-order valence-electron chi connectivity index (χ3n) is 3.67. The molecule has 0 saturated carbocycles. The van der Waals surface area contributed by atoms with Crippen molar-refractivity contribution in [3.05, 3.63) is 75.8 Å². The summed E-state index contributed by atoms with van der Waals surface area (Å²) in [6, 6.07) is 14.3. The van der Waals surface area contributed by atoms with Gasteiger partial charge in [-0.1, -0.05) is 59.5 Å². The number of nitro groups is 1. The Bertz CT molecular complexity index is 1040. The standard InChI is InChI=1S/C19H16N4O4S2/c1-27-16-9-7-14(11-15(16)23(25)26)12-28-19-22-21-18(29-19)20-17(24)10-8-13-5-3-2-4-6-13/h2-11H,12H2,1H3,(H,20,21,24). The number of thioether (sulfide) groups is 1. The van der Waals surface area contributed by atoms with Crippen LogP contribution >= 0.6 is 23.1 Å². The van der Waals surface area contributed by atoms with E-state index in [0.29, 0.717) is 15.2 Å². The maximum absolute atomic E-state index is 12.0. The molecule has 0 radical (unpaired) electrons. The van der Waals surface area contributed by atoms with Crippen LogP contribution in [-0.4, -0.2) is 28.1 Å². The molecule has 0 spiro atoms. The number of carbonyl (C=O) groups is 1. The molecule has 1 amide bonds. The van der Waals surface area contributed by atoms with Crippen LogP contribution in [0.15, 0.2) is 58.9 Å². The van der Waals surface area contributed by atoms with E-state index in [-0.39, 0.29) is 17.3 Å². The number of anilines is 1. The summed E-state index contributed by atoms with van der Waals surface area (Å²) in [7, 11) is 1.39. The zero-order chi connectivity index (χ0) is 20.6. The van der Waals surface area contributed by atoms with E-state index in [0.717, 1.165) is 11.1 Å². The van der Waals surface area contributed by atoms with Crippen LogP contribution in [0.1, 0.15) is 11.1 Å². The second-order valence-electron chi connectivity index (χ2n) is 5.66. The smallest absolute Gasteiger partial charge is 0.311 e. The highest BCUT2D eigenvalue weighted by molar-refractivity contribution is 8.00.